The maximum atomic E-state index is 12.4. The number of fused-ring (bicyclic) bond motifs is 3. The van der Waals surface area contributed by atoms with E-state index in [1.807, 2.05) is 12.1 Å². The van der Waals surface area contributed by atoms with E-state index in [4.69, 9.17) is 20.8 Å². The van der Waals surface area contributed by atoms with Gasteiger partial charge in [-0.15, -0.1) is 0 Å². The van der Waals surface area contributed by atoms with Gasteiger partial charge in [-0.3, -0.25) is 4.79 Å². The van der Waals surface area contributed by atoms with Gasteiger partial charge in [-0.2, -0.15) is 0 Å². The highest BCUT2D eigenvalue weighted by molar-refractivity contribution is 9.10. The van der Waals surface area contributed by atoms with E-state index < -0.39 is 0 Å². The number of H-pyrrole nitrogens is 1. The second-order valence-electron chi connectivity index (χ2n) is 5.18. The molecule has 4 aromatic rings. The van der Waals surface area contributed by atoms with E-state index in [-0.39, 0.29) is 11.1 Å². The summed E-state index contributed by atoms with van der Waals surface area (Å²) in [6, 6.07) is 10.7. The molecule has 0 amide bonds. The van der Waals surface area contributed by atoms with Gasteiger partial charge >= 0.3 is 0 Å². The average molecular weight is 406 g/mol. The molecule has 0 fully saturated rings. The predicted molar refractivity (Wildman–Crippen MR) is 96.8 cm³/mol. The third-order valence-electron chi connectivity index (χ3n) is 3.72. The highest BCUT2D eigenvalue weighted by atomic mass is 79.9. The number of rotatable bonds is 2. The van der Waals surface area contributed by atoms with Crippen LogP contribution in [0.5, 0.6) is 5.75 Å². The molecular weight excluding hydrogens is 396 g/mol. The van der Waals surface area contributed by atoms with Crippen LogP contribution in [0.25, 0.3) is 33.5 Å². The monoisotopic (exact) mass is 404 g/mol. The van der Waals surface area contributed by atoms with Crippen LogP contribution >= 0.6 is 27.5 Å². The second kappa shape index (κ2) is 5.65. The van der Waals surface area contributed by atoms with Crippen molar-refractivity contribution in [2.45, 2.75) is 0 Å². The fourth-order valence-corrected chi connectivity index (χ4v) is 3.19. The number of furan rings is 1. The van der Waals surface area contributed by atoms with Crippen molar-refractivity contribution >= 4 is 49.6 Å². The maximum absolute atomic E-state index is 12.4. The molecule has 0 unspecified atom stereocenters. The quantitative estimate of drug-likeness (QED) is 0.522. The smallest absolute Gasteiger partial charge is 0.294 e. The summed E-state index contributed by atoms with van der Waals surface area (Å²) >= 11 is 9.71. The van der Waals surface area contributed by atoms with E-state index in [2.05, 4.69) is 25.9 Å². The lowest BCUT2D eigenvalue weighted by Gasteiger charge is -2.06. The van der Waals surface area contributed by atoms with Crippen LogP contribution < -0.4 is 10.3 Å². The van der Waals surface area contributed by atoms with Crippen molar-refractivity contribution in [3.05, 3.63) is 56.2 Å². The fraction of sp³-hybridized carbons (Fsp3) is 0.0588. The van der Waals surface area contributed by atoms with Gasteiger partial charge < -0.3 is 14.1 Å². The number of aromatic amines is 1. The van der Waals surface area contributed by atoms with Crippen LogP contribution in [0.15, 0.2) is 50.1 Å². The van der Waals surface area contributed by atoms with Gasteiger partial charge in [0.05, 0.1) is 12.1 Å². The van der Waals surface area contributed by atoms with E-state index in [1.165, 1.54) is 0 Å². The lowest BCUT2D eigenvalue weighted by molar-refractivity contribution is 0.415. The number of nitrogens with one attached hydrogen (secondary N) is 1. The Labute approximate surface area is 149 Å². The minimum atomic E-state index is -0.353. The third kappa shape index (κ3) is 2.39. The molecule has 0 saturated carbocycles. The largest absolute Gasteiger partial charge is 0.497 e. The fourth-order valence-electron chi connectivity index (χ4n) is 2.57. The van der Waals surface area contributed by atoms with E-state index >= 15 is 0 Å². The lowest BCUT2D eigenvalue weighted by Crippen LogP contribution is -2.08. The molecule has 0 aliphatic rings. The van der Waals surface area contributed by atoms with Crippen LogP contribution in [0.2, 0.25) is 5.02 Å². The van der Waals surface area contributed by atoms with E-state index in [1.54, 1.807) is 31.4 Å². The summed E-state index contributed by atoms with van der Waals surface area (Å²) in [6.45, 7) is 0. The zero-order chi connectivity index (χ0) is 16.8. The second-order valence-corrected chi connectivity index (χ2v) is 6.50. The molecule has 0 spiro atoms. The number of halogens is 2. The van der Waals surface area contributed by atoms with Gasteiger partial charge in [0.2, 0.25) is 5.58 Å². The van der Waals surface area contributed by atoms with Crippen molar-refractivity contribution in [2.75, 3.05) is 7.11 Å². The van der Waals surface area contributed by atoms with Crippen LogP contribution in [0, 0.1) is 0 Å². The summed E-state index contributed by atoms with van der Waals surface area (Å²) in [4.78, 5) is 19.7. The zero-order valence-corrected chi connectivity index (χ0v) is 14.7. The van der Waals surface area contributed by atoms with Crippen LogP contribution in [-0.4, -0.2) is 17.1 Å². The topological polar surface area (TPSA) is 68.1 Å². The van der Waals surface area contributed by atoms with Crippen molar-refractivity contribution in [1.82, 2.24) is 9.97 Å². The first-order chi connectivity index (χ1) is 11.6. The number of aromatic nitrogens is 2. The zero-order valence-electron chi connectivity index (χ0n) is 12.4. The molecule has 7 heteroatoms. The Bertz CT molecular complexity index is 1150. The molecule has 0 aliphatic carbocycles. The van der Waals surface area contributed by atoms with Gasteiger partial charge in [0.1, 0.15) is 22.7 Å². The Morgan fingerprint density at radius 1 is 1.25 bits per heavy atom. The van der Waals surface area contributed by atoms with E-state index in [9.17, 15) is 4.79 Å². The number of hydrogen-bond acceptors (Lipinski definition) is 4. The van der Waals surface area contributed by atoms with Crippen LogP contribution in [-0.2, 0) is 0 Å². The van der Waals surface area contributed by atoms with Gasteiger partial charge in [-0.25, -0.2) is 4.98 Å². The Hall–Kier alpha value is -2.31. The molecule has 0 bridgehead atoms. The molecule has 120 valence electrons. The van der Waals surface area contributed by atoms with Gasteiger partial charge in [-0.1, -0.05) is 27.5 Å². The normalized spacial score (nSPS) is 11.3. The molecule has 0 aliphatic heterocycles. The highest BCUT2D eigenvalue weighted by Crippen LogP contribution is 2.32. The first-order valence-electron chi connectivity index (χ1n) is 7.03. The van der Waals surface area contributed by atoms with Crippen LogP contribution in [0.3, 0.4) is 0 Å². The van der Waals surface area contributed by atoms with Gasteiger partial charge in [0.15, 0.2) is 0 Å². The number of methoxy groups -OCH3 is 1. The number of hydrogen-bond donors (Lipinski definition) is 1. The molecule has 2 aromatic carbocycles. The SMILES string of the molecule is COc1ccc(-c2nc3c(oc4ccc(Br)cc43)c(=O)[nH]2)c(Cl)c1. The first-order valence-corrected chi connectivity index (χ1v) is 8.20. The summed E-state index contributed by atoms with van der Waals surface area (Å²) in [5, 5.41) is 1.20. The molecule has 0 saturated heterocycles. The van der Waals surface area contributed by atoms with E-state index in [0.717, 1.165) is 9.86 Å². The van der Waals surface area contributed by atoms with Crippen molar-refractivity contribution in [1.29, 1.82) is 0 Å². The summed E-state index contributed by atoms with van der Waals surface area (Å²) in [5.74, 6) is 1.01. The molecular formula is C17H10BrClN2O3. The summed E-state index contributed by atoms with van der Waals surface area (Å²) in [7, 11) is 1.56. The van der Waals surface area contributed by atoms with Crippen LogP contribution in [0.1, 0.15) is 0 Å². The molecule has 24 heavy (non-hydrogen) atoms. The van der Waals surface area contributed by atoms with Crippen molar-refractivity contribution in [2.24, 2.45) is 0 Å². The molecule has 4 rings (SSSR count). The predicted octanol–water partition coefficient (Wildman–Crippen LogP) is 4.76. The molecule has 2 aromatic heterocycles. The molecule has 0 atom stereocenters. The Morgan fingerprint density at radius 3 is 2.83 bits per heavy atom. The van der Waals surface area contributed by atoms with Crippen molar-refractivity contribution in [3.63, 3.8) is 0 Å². The summed E-state index contributed by atoms with van der Waals surface area (Å²) in [6.07, 6.45) is 0. The average Bonchev–Trinajstić information content (AvgIpc) is 2.93. The summed E-state index contributed by atoms with van der Waals surface area (Å²) < 4.78 is 11.6. The van der Waals surface area contributed by atoms with Crippen molar-refractivity contribution < 1.29 is 9.15 Å². The Morgan fingerprint density at radius 2 is 2.08 bits per heavy atom. The third-order valence-corrected chi connectivity index (χ3v) is 4.52. The minimum absolute atomic E-state index is 0.191. The summed E-state index contributed by atoms with van der Waals surface area (Å²) in [5.41, 5.74) is 1.55. The van der Waals surface area contributed by atoms with Gasteiger partial charge in [0, 0.05) is 15.4 Å². The van der Waals surface area contributed by atoms with Gasteiger partial charge in [-0.05, 0) is 36.4 Å². The number of benzene rings is 2. The van der Waals surface area contributed by atoms with Gasteiger partial charge in [0.25, 0.3) is 5.56 Å². The van der Waals surface area contributed by atoms with Crippen molar-refractivity contribution in [3.8, 4) is 17.1 Å². The highest BCUT2D eigenvalue weighted by Gasteiger charge is 2.16. The lowest BCUT2D eigenvalue weighted by atomic mass is 10.2. The Kier molecular flexibility index (Phi) is 3.58. The molecule has 5 nitrogen and oxygen atoms in total. The molecule has 0 radical (unpaired) electrons. The standard InChI is InChI=1S/C17H10BrClN2O3/c1-23-9-3-4-10(12(19)7-9)16-20-14-11-6-8(18)2-5-13(11)24-15(14)17(22)21-16/h2-7H,1H3,(H,20,21,22). The first kappa shape index (κ1) is 15.2. The minimum Gasteiger partial charge on any atom is -0.497 e. The number of nitrogens with zero attached hydrogens (tertiary/aromatic N) is 1. The number of ether oxygens (including phenoxy) is 1. The molecule has 2 heterocycles. The van der Waals surface area contributed by atoms with Crippen LogP contribution in [0.4, 0.5) is 0 Å². The molecule has 1 N–H and O–H groups in total. The maximum Gasteiger partial charge on any atom is 0.294 e. The Balaban J connectivity index is 2.02. The van der Waals surface area contributed by atoms with E-state index in [0.29, 0.717) is 33.3 Å².